The van der Waals surface area contributed by atoms with Gasteiger partial charge in [-0.3, -0.25) is 4.79 Å². The van der Waals surface area contributed by atoms with Crippen molar-refractivity contribution < 1.29 is 14.3 Å². The lowest BCUT2D eigenvalue weighted by molar-refractivity contribution is -0.115. The minimum Gasteiger partial charge on any atom is -0.493 e. The van der Waals surface area contributed by atoms with Gasteiger partial charge in [-0.25, -0.2) is 0 Å². The zero-order valence-electron chi connectivity index (χ0n) is 13.1. The van der Waals surface area contributed by atoms with Crippen LogP contribution in [0, 0.1) is 0 Å². The predicted molar refractivity (Wildman–Crippen MR) is 94.9 cm³/mol. The summed E-state index contributed by atoms with van der Waals surface area (Å²) >= 11 is 7.36. The van der Waals surface area contributed by atoms with Gasteiger partial charge >= 0.3 is 0 Å². The molecular formula is C17H18ClNO3S. The summed E-state index contributed by atoms with van der Waals surface area (Å²) in [7, 11) is 3.17. The fourth-order valence-electron chi connectivity index (χ4n) is 1.96. The monoisotopic (exact) mass is 351 g/mol. The van der Waals surface area contributed by atoms with E-state index in [0.717, 1.165) is 4.90 Å². The highest BCUT2D eigenvalue weighted by molar-refractivity contribution is 8.00. The summed E-state index contributed by atoms with van der Waals surface area (Å²) in [6.07, 6.45) is 0. The average molecular weight is 352 g/mol. The van der Waals surface area contributed by atoms with Crippen LogP contribution in [0.15, 0.2) is 47.4 Å². The van der Waals surface area contributed by atoms with Crippen molar-refractivity contribution in [2.75, 3.05) is 19.5 Å². The molecule has 0 aliphatic rings. The lowest BCUT2D eigenvalue weighted by Gasteiger charge is -2.14. The summed E-state index contributed by atoms with van der Waals surface area (Å²) in [6, 6.07) is 12.7. The van der Waals surface area contributed by atoms with E-state index in [1.807, 2.05) is 25.1 Å². The number of ether oxygens (including phenoxy) is 2. The summed E-state index contributed by atoms with van der Waals surface area (Å²) in [5, 5.41) is 3.17. The van der Waals surface area contributed by atoms with Crippen LogP contribution in [0.2, 0.25) is 5.02 Å². The summed E-state index contributed by atoms with van der Waals surface area (Å²) in [4.78, 5) is 13.2. The Morgan fingerprint density at radius 3 is 2.52 bits per heavy atom. The highest BCUT2D eigenvalue weighted by Gasteiger charge is 2.16. The van der Waals surface area contributed by atoms with Gasteiger partial charge in [-0.15, -0.1) is 11.8 Å². The molecule has 6 heteroatoms. The van der Waals surface area contributed by atoms with Gasteiger partial charge in [0.05, 0.1) is 19.5 Å². The fourth-order valence-corrected chi connectivity index (χ4v) is 3.04. The molecule has 2 aromatic rings. The molecule has 0 radical (unpaired) electrons. The first-order valence-corrected chi connectivity index (χ1v) is 8.24. The van der Waals surface area contributed by atoms with Crippen LogP contribution in [0.3, 0.4) is 0 Å². The summed E-state index contributed by atoms with van der Waals surface area (Å²) < 4.78 is 10.5. The molecule has 0 aliphatic heterocycles. The van der Waals surface area contributed by atoms with E-state index in [-0.39, 0.29) is 11.2 Å². The highest BCUT2D eigenvalue weighted by atomic mass is 35.5. The van der Waals surface area contributed by atoms with Crippen molar-refractivity contribution >= 4 is 35.0 Å². The number of methoxy groups -OCH3 is 2. The van der Waals surface area contributed by atoms with E-state index >= 15 is 0 Å². The minimum absolute atomic E-state index is 0.0907. The van der Waals surface area contributed by atoms with E-state index in [0.29, 0.717) is 22.2 Å². The highest BCUT2D eigenvalue weighted by Crippen LogP contribution is 2.33. The Kier molecular flexibility index (Phi) is 6.19. The molecule has 0 aromatic heterocycles. The van der Waals surface area contributed by atoms with Gasteiger partial charge in [0.15, 0.2) is 11.5 Å². The number of thioether (sulfide) groups is 1. The van der Waals surface area contributed by atoms with Crippen LogP contribution in [0.1, 0.15) is 6.92 Å². The van der Waals surface area contributed by atoms with Gasteiger partial charge < -0.3 is 14.8 Å². The zero-order valence-corrected chi connectivity index (χ0v) is 14.7. The van der Waals surface area contributed by atoms with Gasteiger partial charge in [-0.1, -0.05) is 17.7 Å². The molecule has 1 N–H and O–H groups in total. The molecule has 1 atom stereocenters. The second-order valence-corrected chi connectivity index (χ2v) is 6.63. The smallest absolute Gasteiger partial charge is 0.237 e. The van der Waals surface area contributed by atoms with Crippen LogP contribution in [-0.4, -0.2) is 25.4 Å². The van der Waals surface area contributed by atoms with Crippen LogP contribution in [0.5, 0.6) is 11.5 Å². The molecule has 0 aliphatic carbocycles. The molecule has 0 unspecified atom stereocenters. The van der Waals surface area contributed by atoms with Crippen LogP contribution in [-0.2, 0) is 4.79 Å². The van der Waals surface area contributed by atoms with Gasteiger partial charge in [-0.05, 0) is 43.3 Å². The standard InChI is InChI=1S/C17H18ClNO3S/c1-11(17(20)19-13-6-4-5-12(18)9-13)23-14-7-8-15(21-2)16(10-14)22-3/h4-11H,1-3H3,(H,19,20)/t11-/m1/s1. The van der Waals surface area contributed by atoms with E-state index in [4.69, 9.17) is 21.1 Å². The summed E-state index contributed by atoms with van der Waals surface area (Å²) in [6.45, 7) is 1.85. The molecule has 0 bridgehead atoms. The Hall–Kier alpha value is -1.85. The maximum absolute atomic E-state index is 12.3. The fraction of sp³-hybridized carbons (Fsp3) is 0.235. The molecule has 23 heavy (non-hydrogen) atoms. The molecule has 0 saturated heterocycles. The number of carbonyl (C=O) groups excluding carboxylic acids is 1. The maximum Gasteiger partial charge on any atom is 0.237 e. The molecule has 122 valence electrons. The van der Waals surface area contributed by atoms with E-state index in [9.17, 15) is 4.79 Å². The topological polar surface area (TPSA) is 47.6 Å². The number of benzene rings is 2. The number of anilines is 1. The molecule has 0 spiro atoms. The third-order valence-electron chi connectivity index (χ3n) is 3.13. The Morgan fingerprint density at radius 2 is 1.87 bits per heavy atom. The quantitative estimate of drug-likeness (QED) is 0.780. The minimum atomic E-state index is -0.271. The van der Waals surface area contributed by atoms with E-state index < -0.39 is 0 Å². The number of halogens is 1. The molecule has 0 fully saturated rings. The molecule has 1 amide bonds. The van der Waals surface area contributed by atoms with Crippen LogP contribution < -0.4 is 14.8 Å². The van der Waals surface area contributed by atoms with Gasteiger partial charge in [0.1, 0.15) is 0 Å². The zero-order chi connectivity index (χ0) is 16.8. The largest absolute Gasteiger partial charge is 0.493 e. The molecule has 0 heterocycles. The lowest BCUT2D eigenvalue weighted by atomic mass is 10.3. The number of rotatable bonds is 6. The van der Waals surface area contributed by atoms with Gasteiger partial charge in [0.2, 0.25) is 5.91 Å². The van der Waals surface area contributed by atoms with Crippen molar-refractivity contribution in [2.45, 2.75) is 17.1 Å². The Bertz CT molecular complexity index is 693. The van der Waals surface area contributed by atoms with Crippen LogP contribution in [0.25, 0.3) is 0 Å². The third-order valence-corrected chi connectivity index (χ3v) is 4.46. The second kappa shape index (κ2) is 8.13. The number of amides is 1. The Morgan fingerprint density at radius 1 is 1.13 bits per heavy atom. The predicted octanol–water partition coefficient (Wildman–Crippen LogP) is 4.48. The molecular weight excluding hydrogens is 334 g/mol. The van der Waals surface area contributed by atoms with Crippen molar-refractivity contribution in [3.63, 3.8) is 0 Å². The first kappa shape index (κ1) is 17.5. The van der Waals surface area contributed by atoms with E-state index in [1.54, 1.807) is 38.5 Å². The maximum atomic E-state index is 12.3. The van der Waals surface area contributed by atoms with E-state index in [2.05, 4.69) is 5.32 Å². The lowest BCUT2D eigenvalue weighted by Crippen LogP contribution is -2.22. The number of hydrogen-bond acceptors (Lipinski definition) is 4. The number of hydrogen-bond donors (Lipinski definition) is 1. The van der Waals surface area contributed by atoms with Crippen LogP contribution >= 0.6 is 23.4 Å². The Labute approximate surface area is 145 Å². The van der Waals surface area contributed by atoms with Crippen molar-refractivity contribution in [2.24, 2.45) is 0 Å². The third kappa shape index (κ3) is 4.81. The SMILES string of the molecule is COc1ccc(S[C@H](C)C(=O)Nc2cccc(Cl)c2)cc1OC. The van der Waals surface area contributed by atoms with E-state index in [1.165, 1.54) is 11.8 Å². The van der Waals surface area contributed by atoms with Crippen molar-refractivity contribution in [3.05, 3.63) is 47.5 Å². The average Bonchev–Trinajstić information content (AvgIpc) is 2.54. The van der Waals surface area contributed by atoms with Crippen molar-refractivity contribution in [1.82, 2.24) is 0 Å². The van der Waals surface area contributed by atoms with Crippen molar-refractivity contribution in [1.29, 1.82) is 0 Å². The Balaban J connectivity index is 2.03. The van der Waals surface area contributed by atoms with Gasteiger partial charge in [0.25, 0.3) is 0 Å². The first-order chi connectivity index (χ1) is 11.0. The molecule has 4 nitrogen and oxygen atoms in total. The first-order valence-electron chi connectivity index (χ1n) is 6.98. The van der Waals surface area contributed by atoms with Crippen molar-refractivity contribution in [3.8, 4) is 11.5 Å². The second-order valence-electron chi connectivity index (χ2n) is 4.78. The number of nitrogens with one attached hydrogen (secondary N) is 1. The summed E-state index contributed by atoms with van der Waals surface area (Å²) in [5.41, 5.74) is 0.683. The number of carbonyl (C=O) groups is 1. The molecule has 2 aromatic carbocycles. The molecule has 2 rings (SSSR count). The van der Waals surface area contributed by atoms with Gasteiger partial charge in [-0.2, -0.15) is 0 Å². The normalized spacial score (nSPS) is 11.7. The summed E-state index contributed by atoms with van der Waals surface area (Å²) in [5.74, 6) is 1.21. The van der Waals surface area contributed by atoms with Gasteiger partial charge in [0, 0.05) is 15.6 Å². The molecule has 0 saturated carbocycles. The van der Waals surface area contributed by atoms with Crippen LogP contribution in [0.4, 0.5) is 5.69 Å².